The van der Waals surface area contributed by atoms with E-state index in [0.717, 1.165) is 84.9 Å². The summed E-state index contributed by atoms with van der Waals surface area (Å²) in [5.41, 5.74) is 7.48. The van der Waals surface area contributed by atoms with E-state index in [0.29, 0.717) is 0 Å². The zero-order chi connectivity index (χ0) is 22.9. The summed E-state index contributed by atoms with van der Waals surface area (Å²) < 4.78 is 2.16. The second-order valence-electron chi connectivity index (χ2n) is 9.26. The molecule has 1 fully saturated rings. The number of aromatic nitrogens is 2. The van der Waals surface area contributed by atoms with Crippen LogP contribution in [0.5, 0.6) is 0 Å². The molecular formula is C27H33N5O. The van der Waals surface area contributed by atoms with Crippen molar-refractivity contribution in [2.24, 2.45) is 5.92 Å². The van der Waals surface area contributed by atoms with Gasteiger partial charge in [-0.3, -0.25) is 14.7 Å². The molecule has 1 atom stereocenters. The number of nitrogens with one attached hydrogen (secondary N) is 1. The van der Waals surface area contributed by atoms with Crippen LogP contribution in [0, 0.1) is 12.8 Å². The summed E-state index contributed by atoms with van der Waals surface area (Å²) in [5.74, 6) is 0.258. The largest absolute Gasteiger partial charge is 0.369 e. The summed E-state index contributed by atoms with van der Waals surface area (Å²) in [6, 6.07) is 2.19. The molecule has 2 aromatic heterocycles. The zero-order valence-electron chi connectivity index (χ0n) is 19.8. The molecule has 0 aliphatic carbocycles. The molecule has 33 heavy (non-hydrogen) atoms. The van der Waals surface area contributed by atoms with Crippen LogP contribution in [0.2, 0.25) is 0 Å². The van der Waals surface area contributed by atoms with Crippen molar-refractivity contribution in [2.45, 2.75) is 40.0 Å². The van der Waals surface area contributed by atoms with Gasteiger partial charge < -0.3 is 14.6 Å². The number of amides is 1. The second-order valence-corrected chi connectivity index (χ2v) is 9.26. The Morgan fingerprint density at radius 3 is 2.85 bits per heavy atom. The molecule has 2 aromatic rings. The van der Waals surface area contributed by atoms with Gasteiger partial charge in [-0.25, -0.2) is 0 Å². The molecule has 1 N–H and O–H groups in total. The highest BCUT2D eigenvalue weighted by Gasteiger charge is 2.25. The molecule has 0 bridgehead atoms. The predicted molar refractivity (Wildman–Crippen MR) is 132 cm³/mol. The Hall–Kier alpha value is -3.12. The van der Waals surface area contributed by atoms with Crippen LogP contribution in [0.4, 0.5) is 0 Å². The number of allylic oxidation sites excluding steroid dienone is 4. The number of carbonyl (C=O) groups excluding carboxylic acids is 1. The van der Waals surface area contributed by atoms with Gasteiger partial charge in [0.25, 0.3) is 5.91 Å². The number of hydrogen-bond acceptors (Lipinski definition) is 4. The van der Waals surface area contributed by atoms with Crippen molar-refractivity contribution in [1.82, 2.24) is 24.5 Å². The molecule has 1 unspecified atom stereocenters. The van der Waals surface area contributed by atoms with E-state index in [2.05, 4.69) is 65.2 Å². The Kier molecular flexibility index (Phi) is 5.94. The summed E-state index contributed by atoms with van der Waals surface area (Å²) in [7, 11) is 0. The monoisotopic (exact) mass is 443 g/mol. The van der Waals surface area contributed by atoms with Crippen LogP contribution in [-0.4, -0.2) is 51.3 Å². The minimum absolute atomic E-state index is 0.0119. The maximum atomic E-state index is 13.5. The standard InChI is InChI=1S/C27H33N5O/c1-4-25-26-14-21(17-31(26)16-20(3)29-25)24-15-27(33)32-18-23(30-12-5-10-28-11-13-30)9-8-22(32)7-6-19(24)2/h7-9,14-19,28H,4-6,10-13H2,1-3H3. The predicted octanol–water partition coefficient (Wildman–Crippen LogP) is 4.05. The van der Waals surface area contributed by atoms with Gasteiger partial charge >= 0.3 is 0 Å². The number of hydrogen-bond donors (Lipinski definition) is 1. The van der Waals surface area contributed by atoms with Gasteiger partial charge in [-0.05, 0) is 68.0 Å². The molecule has 0 aromatic carbocycles. The average molecular weight is 444 g/mol. The van der Waals surface area contributed by atoms with E-state index in [-0.39, 0.29) is 11.8 Å². The van der Waals surface area contributed by atoms with Crippen molar-refractivity contribution < 1.29 is 4.79 Å². The Bertz CT molecular complexity index is 1190. The molecule has 1 amide bonds. The van der Waals surface area contributed by atoms with Crippen LogP contribution < -0.4 is 5.32 Å². The van der Waals surface area contributed by atoms with Crippen molar-refractivity contribution in [3.05, 3.63) is 77.3 Å². The number of nitrogens with zero attached hydrogens (tertiary/aromatic N) is 4. The molecule has 6 nitrogen and oxygen atoms in total. The normalized spacial score (nSPS) is 21.7. The molecule has 5 heterocycles. The summed E-state index contributed by atoms with van der Waals surface area (Å²) in [4.78, 5) is 22.4. The fourth-order valence-electron chi connectivity index (χ4n) is 5.02. The van der Waals surface area contributed by atoms with Gasteiger partial charge in [0, 0.05) is 50.0 Å². The molecular weight excluding hydrogens is 410 g/mol. The van der Waals surface area contributed by atoms with Crippen molar-refractivity contribution in [3.63, 3.8) is 0 Å². The molecule has 0 saturated carbocycles. The molecule has 172 valence electrons. The first-order valence-corrected chi connectivity index (χ1v) is 12.1. The lowest BCUT2D eigenvalue weighted by Crippen LogP contribution is -2.32. The fourth-order valence-corrected chi connectivity index (χ4v) is 5.02. The first kappa shape index (κ1) is 21.7. The maximum absolute atomic E-state index is 13.5. The first-order chi connectivity index (χ1) is 16.0. The van der Waals surface area contributed by atoms with E-state index in [1.54, 1.807) is 0 Å². The molecule has 0 spiro atoms. The van der Waals surface area contributed by atoms with Crippen LogP contribution >= 0.6 is 0 Å². The van der Waals surface area contributed by atoms with Crippen LogP contribution in [-0.2, 0) is 11.2 Å². The zero-order valence-corrected chi connectivity index (χ0v) is 19.8. The summed E-state index contributed by atoms with van der Waals surface area (Å²) in [6.45, 7) is 10.4. The smallest absolute Gasteiger partial charge is 0.255 e. The molecule has 0 radical (unpaired) electrons. The van der Waals surface area contributed by atoms with Gasteiger partial charge in [0.15, 0.2) is 0 Å². The van der Waals surface area contributed by atoms with E-state index >= 15 is 0 Å². The Morgan fingerprint density at radius 1 is 1.15 bits per heavy atom. The van der Waals surface area contributed by atoms with Gasteiger partial charge in [-0.15, -0.1) is 0 Å². The third-order valence-corrected chi connectivity index (χ3v) is 6.85. The Balaban J connectivity index is 1.50. The van der Waals surface area contributed by atoms with E-state index < -0.39 is 0 Å². The van der Waals surface area contributed by atoms with Crippen molar-refractivity contribution in [2.75, 3.05) is 26.2 Å². The van der Waals surface area contributed by atoms with Crippen LogP contribution in [0.1, 0.15) is 43.6 Å². The second kappa shape index (κ2) is 9.02. The SMILES string of the molecule is CCc1nc(C)cn2cc(C3=CC(=O)N4C=C(N5CCCNCC5)C=CC4=CCC3C)cc12. The van der Waals surface area contributed by atoms with Gasteiger partial charge in [-0.2, -0.15) is 0 Å². The number of carbonyl (C=O) groups is 1. The lowest BCUT2D eigenvalue weighted by Gasteiger charge is -2.31. The number of rotatable bonds is 3. The number of fused-ring (bicyclic) bond motifs is 2. The summed E-state index contributed by atoms with van der Waals surface area (Å²) >= 11 is 0. The molecule has 5 rings (SSSR count). The van der Waals surface area contributed by atoms with Gasteiger partial charge in [0.2, 0.25) is 0 Å². The summed E-state index contributed by atoms with van der Waals surface area (Å²) in [5, 5.41) is 3.45. The topological polar surface area (TPSA) is 52.9 Å². The van der Waals surface area contributed by atoms with Gasteiger partial charge in [0.1, 0.15) is 0 Å². The highest BCUT2D eigenvalue weighted by Crippen LogP contribution is 2.33. The molecule has 1 saturated heterocycles. The van der Waals surface area contributed by atoms with Crippen molar-refractivity contribution in [1.29, 1.82) is 0 Å². The lowest BCUT2D eigenvalue weighted by atomic mass is 9.90. The highest BCUT2D eigenvalue weighted by molar-refractivity contribution is 5.98. The van der Waals surface area contributed by atoms with Crippen LogP contribution in [0.3, 0.4) is 0 Å². The van der Waals surface area contributed by atoms with E-state index in [9.17, 15) is 4.79 Å². The van der Waals surface area contributed by atoms with Crippen LogP contribution in [0.15, 0.2) is 60.4 Å². The third kappa shape index (κ3) is 4.27. The van der Waals surface area contributed by atoms with E-state index in [1.807, 2.05) is 24.1 Å². The van der Waals surface area contributed by atoms with Gasteiger partial charge in [-0.1, -0.05) is 19.9 Å². The Morgan fingerprint density at radius 2 is 2.00 bits per heavy atom. The quantitative estimate of drug-likeness (QED) is 0.778. The van der Waals surface area contributed by atoms with E-state index in [1.165, 1.54) is 0 Å². The third-order valence-electron chi connectivity index (χ3n) is 6.85. The lowest BCUT2D eigenvalue weighted by molar-refractivity contribution is -0.122. The first-order valence-electron chi connectivity index (χ1n) is 12.1. The van der Waals surface area contributed by atoms with E-state index in [4.69, 9.17) is 4.98 Å². The maximum Gasteiger partial charge on any atom is 0.255 e. The minimum atomic E-state index is 0.0119. The summed E-state index contributed by atoms with van der Waals surface area (Å²) in [6.07, 6.45) is 17.4. The van der Waals surface area contributed by atoms with Gasteiger partial charge in [0.05, 0.1) is 22.6 Å². The molecule has 6 heteroatoms. The fraction of sp³-hybridized carbons (Fsp3) is 0.407. The molecule has 3 aliphatic rings. The van der Waals surface area contributed by atoms with Crippen LogP contribution in [0.25, 0.3) is 11.1 Å². The molecule has 3 aliphatic heterocycles. The van der Waals surface area contributed by atoms with Crippen molar-refractivity contribution >= 4 is 17.0 Å². The number of aryl methyl sites for hydroxylation is 2. The van der Waals surface area contributed by atoms with Crippen molar-refractivity contribution in [3.8, 4) is 0 Å². The minimum Gasteiger partial charge on any atom is -0.369 e. The highest BCUT2D eigenvalue weighted by atomic mass is 16.2. The average Bonchev–Trinajstić information content (AvgIpc) is 3.04. The Labute approximate surface area is 196 Å².